The van der Waals surface area contributed by atoms with E-state index in [9.17, 15) is 0 Å². The van der Waals surface area contributed by atoms with E-state index in [0.29, 0.717) is 0 Å². The summed E-state index contributed by atoms with van der Waals surface area (Å²) in [5.74, 6) is 0. The van der Waals surface area contributed by atoms with E-state index in [-0.39, 0.29) is 0 Å². The molecule has 1 N–H and O–H groups in total. The molecule has 0 unspecified atom stereocenters. The lowest BCUT2D eigenvalue weighted by atomic mass is 10.0. The van der Waals surface area contributed by atoms with Gasteiger partial charge in [0, 0.05) is 13.1 Å². The SMILES string of the molecule is C1=CCC2=C3CNCC3=NC2=C1. The van der Waals surface area contributed by atoms with Crippen molar-refractivity contribution in [3.8, 4) is 0 Å². The van der Waals surface area contributed by atoms with Crippen molar-refractivity contribution in [2.24, 2.45) is 4.99 Å². The van der Waals surface area contributed by atoms with E-state index >= 15 is 0 Å². The number of hydrogen-bond acceptors (Lipinski definition) is 2. The molecule has 0 amide bonds. The van der Waals surface area contributed by atoms with Gasteiger partial charge in [-0.2, -0.15) is 0 Å². The first-order valence-electron chi connectivity index (χ1n) is 4.33. The van der Waals surface area contributed by atoms with Crippen molar-refractivity contribution >= 4 is 5.71 Å². The van der Waals surface area contributed by atoms with Gasteiger partial charge in [-0.15, -0.1) is 0 Å². The minimum Gasteiger partial charge on any atom is -0.307 e. The molecule has 12 heavy (non-hydrogen) atoms. The lowest BCUT2D eigenvalue weighted by Gasteiger charge is -2.05. The molecule has 2 heterocycles. The van der Waals surface area contributed by atoms with Crippen LogP contribution in [-0.4, -0.2) is 18.8 Å². The van der Waals surface area contributed by atoms with Crippen LogP contribution in [0.4, 0.5) is 0 Å². The third-order valence-corrected chi connectivity index (χ3v) is 2.58. The summed E-state index contributed by atoms with van der Waals surface area (Å²) in [6.45, 7) is 1.97. The molecule has 0 saturated carbocycles. The van der Waals surface area contributed by atoms with Gasteiger partial charge in [-0.3, -0.25) is 4.99 Å². The lowest BCUT2D eigenvalue weighted by Crippen LogP contribution is -2.08. The minimum atomic E-state index is 0.955. The molecule has 0 aromatic heterocycles. The Kier molecular flexibility index (Phi) is 1.15. The Labute approximate surface area is 71.4 Å². The molecule has 1 saturated heterocycles. The van der Waals surface area contributed by atoms with Crippen LogP contribution in [0.5, 0.6) is 0 Å². The second-order valence-corrected chi connectivity index (χ2v) is 3.30. The second-order valence-electron chi connectivity index (χ2n) is 3.30. The highest BCUT2D eigenvalue weighted by Gasteiger charge is 2.26. The van der Waals surface area contributed by atoms with Gasteiger partial charge in [0.1, 0.15) is 0 Å². The molecule has 0 radical (unpaired) electrons. The monoisotopic (exact) mass is 158 g/mol. The molecule has 60 valence electrons. The lowest BCUT2D eigenvalue weighted by molar-refractivity contribution is 0.895. The molecular weight excluding hydrogens is 148 g/mol. The van der Waals surface area contributed by atoms with Gasteiger partial charge in [-0.05, 0) is 23.6 Å². The van der Waals surface area contributed by atoms with Gasteiger partial charge < -0.3 is 5.32 Å². The van der Waals surface area contributed by atoms with Crippen LogP contribution in [0.2, 0.25) is 0 Å². The molecule has 3 rings (SSSR count). The predicted molar refractivity (Wildman–Crippen MR) is 49.2 cm³/mol. The summed E-state index contributed by atoms with van der Waals surface area (Å²) >= 11 is 0. The number of aliphatic imine (C=N–C) groups is 1. The number of nitrogens with one attached hydrogen (secondary N) is 1. The molecule has 0 spiro atoms. The van der Waals surface area contributed by atoms with E-state index in [0.717, 1.165) is 19.5 Å². The van der Waals surface area contributed by atoms with Crippen LogP contribution < -0.4 is 5.32 Å². The van der Waals surface area contributed by atoms with Crippen molar-refractivity contribution in [1.82, 2.24) is 5.32 Å². The van der Waals surface area contributed by atoms with Crippen LogP contribution in [0.25, 0.3) is 0 Å². The molecule has 2 nitrogen and oxygen atoms in total. The quantitative estimate of drug-likeness (QED) is 0.562. The highest BCUT2D eigenvalue weighted by atomic mass is 15.0. The highest BCUT2D eigenvalue weighted by Crippen LogP contribution is 2.31. The molecule has 0 aromatic rings. The Bertz CT molecular complexity index is 356. The van der Waals surface area contributed by atoms with Crippen LogP contribution in [0.1, 0.15) is 6.42 Å². The van der Waals surface area contributed by atoms with Crippen molar-refractivity contribution in [3.63, 3.8) is 0 Å². The Balaban J connectivity index is 2.17. The standard InChI is InChI=1S/C10H10N2/c1-2-4-9-7(3-1)8-5-11-6-10(8)12-9/h1-2,4,11H,3,5-6H2. The predicted octanol–water partition coefficient (Wildman–Crippen LogP) is 1.18. The molecular formula is C10H10N2. The zero-order valence-electron chi connectivity index (χ0n) is 6.80. The fourth-order valence-corrected chi connectivity index (χ4v) is 1.98. The Morgan fingerprint density at radius 2 is 2.25 bits per heavy atom. The van der Waals surface area contributed by atoms with Gasteiger partial charge in [0.05, 0.1) is 11.4 Å². The van der Waals surface area contributed by atoms with Crippen molar-refractivity contribution < 1.29 is 0 Å². The zero-order valence-corrected chi connectivity index (χ0v) is 6.80. The fourth-order valence-electron chi connectivity index (χ4n) is 1.98. The third-order valence-electron chi connectivity index (χ3n) is 2.58. The highest BCUT2D eigenvalue weighted by molar-refractivity contribution is 6.08. The summed E-state index contributed by atoms with van der Waals surface area (Å²) in [5.41, 5.74) is 5.35. The molecule has 2 aliphatic heterocycles. The largest absolute Gasteiger partial charge is 0.307 e. The average Bonchev–Trinajstić information content (AvgIpc) is 2.62. The fraction of sp³-hybridized carbons (Fsp3) is 0.300. The van der Waals surface area contributed by atoms with Gasteiger partial charge in [-0.25, -0.2) is 0 Å². The molecule has 0 bridgehead atoms. The van der Waals surface area contributed by atoms with Crippen LogP contribution in [0.3, 0.4) is 0 Å². The van der Waals surface area contributed by atoms with Gasteiger partial charge in [-0.1, -0.05) is 12.2 Å². The van der Waals surface area contributed by atoms with Gasteiger partial charge in [0.2, 0.25) is 0 Å². The molecule has 0 aromatic carbocycles. The Morgan fingerprint density at radius 3 is 3.25 bits per heavy atom. The van der Waals surface area contributed by atoms with E-state index in [4.69, 9.17) is 0 Å². The summed E-state index contributed by atoms with van der Waals surface area (Å²) in [4.78, 5) is 4.56. The Morgan fingerprint density at radius 1 is 1.25 bits per heavy atom. The van der Waals surface area contributed by atoms with Crippen LogP contribution >= 0.6 is 0 Å². The number of fused-ring (bicyclic) bond motifs is 2. The van der Waals surface area contributed by atoms with Crippen molar-refractivity contribution in [3.05, 3.63) is 35.1 Å². The number of rotatable bonds is 0. The van der Waals surface area contributed by atoms with Crippen molar-refractivity contribution in [2.45, 2.75) is 6.42 Å². The van der Waals surface area contributed by atoms with E-state index < -0.39 is 0 Å². The topological polar surface area (TPSA) is 24.4 Å². The summed E-state index contributed by atoms with van der Waals surface area (Å²) in [6.07, 6.45) is 7.47. The molecule has 3 aliphatic rings. The molecule has 1 fully saturated rings. The minimum absolute atomic E-state index is 0.955. The van der Waals surface area contributed by atoms with Crippen LogP contribution in [0, 0.1) is 0 Å². The Hall–Kier alpha value is -1.15. The van der Waals surface area contributed by atoms with Crippen LogP contribution in [0.15, 0.2) is 40.1 Å². The summed E-state index contributed by atoms with van der Waals surface area (Å²) in [6, 6.07) is 0. The average molecular weight is 158 g/mol. The van der Waals surface area contributed by atoms with Crippen molar-refractivity contribution in [2.75, 3.05) is 13.1 Å². The smallest absolute Gasteiger partial charge is 0.0672 e. The zero-order chi connectivity index (χ0) is 7.97. The number of allylic oxidation sites excluding steroid dienone is 4. The van der Waals surface area contributed by atoms with Gasteiger partial charge >= 0.3 is 0 Å². The summed E-state index contributed by atoms with van der Waals surface area (Å²) < 4.78 is 0. The molecule has 1 aliphatic carbocycles. The van der Waals surface area contributed by atoms with E-state index in [1.165, 1.54) is 22.6 Å². The van der Waals surface area contributed by atoms with Crippen molar-refractivity contribution in [1.29, 1.82) is 0 Å². The third kappa shape index (κ3) is 0.703. The molecule has 2 heteroatoms. The number of nitrogens with zero attached hydrogens (tertiary/aromatic N) is 1. The first kappa shape index (κ1) is 6.38. The maximum Gasteiger partial charge on any atom is 0.0672 e. The van der Waals surface area contributed by atoms with E-state index in [1.807, 2.05) is 0 Å². The first-order valence-corrected chi connectivity index (χ1v) is 4.33. The normalized spacial score (nSPS) is 25.3. The molecule has 0 atom stereocenters. The summed E-state index contributed by atoms with van der Waals surface area (Å²) in [7, 11) is 0. The maximum atomic E-state index is 4.56. The van der Waals surface area contributed by atoms with Gasteiger partial charge in [0.25, 0.3) is 0 Å². The first-order chi connectivity index (χ1) is 5.95. The maximum absolute atomic E-state index is 4.56. The van der Waals surface area contributed by atoms with Crippen LogP contribution in [-0.2, 0) is 0 Å². The second kappa shape index (κ2) is 2.17. The summed E-state index contributed by atoms with van der Waals surface area (Å²) in [5, 5.41) is 3.32. The number of hydrogen-bond donors (Lipinski definition) is 1. The van der Waals surface area contributed by atoms with Gasteiger partial charge in [0.15, 0.2) is 0 Å². The van der Waals surface area contributed by atoms with E-state index in [2.05, 4.69) is 28.5 Å². The van der Waals surface area contributed by atoms with E-state index in [1.54, 1.807) is 0 Å².